The van der Waals surface area contributed by atoms with Crippen LogP contribution in [0.15, 0.2) is 59.5 Å². The quantitative estimate of drug-likeness (QED) is 0.747. The summed E-state index contributed by atoms with van der Waals surface area (Å²) in [7, 11) is 0. The third kappa shape index (κ3) is 2.24. The van der Waals surface area contributed by atoms with Crippen LogP contribution in [0.2, 0.25) is 0 Å². The summed E-state index contributed by atoms with van der Waals surface area (Å²) in [5.41, 5.74) is 3.81. The smallest absolute Gasteiger partial charge is 0.173 e. The zero-order valence-corrected chi connectivity index (χ0v) is 13.3. The molecule has 106 valence electrons. The molecular formula is C19H18OS. The molecule has 21 heavy (non-hydrogen) atoms. The summed E-state index contributed by atoms with van der Waals surface area (Å²) in [6, 6.07) is 18.5. The number of Topliss-reactive ketones (excluding diaryl/α,β-unsaturated/α-hetero) is 1. The molecule has 0 unspecified atom stereocenters. The first-order chi connectivity index (χ1) is 10.1. The fourth-order valence-corrected chi connectivity index (χ4v) is 3.34. The van der Waals surface area contributed by atoms with Crippen molar-refractivity contribution in [2.45, 2.75) is 18.7 Å². The normalized spacial score (nSPS) is 16.8. The van der Waals surface area contributed by atoms with Crippen molar-refractivity contribution >= 4 is 28.7 Å². The molecule has 0 radical (unpaired) electrons. The minimum Gasteiger partial charge on any atom is -0.293 e. The van der Waals surface area contributed by atoms with Gasteiger partial charge in [0.05, 0.1) is 5.41 Å². The number of carbonyl (C=O) groups is 1. The van der Waals surface area contributed by atoms with E-state index in [1.54, 1.807) is 11.8 Å². The van der Waals surface area contributed by atoms with E-state index in [0.29, 0.717) is 0 Å². The highest BCUT2D eigenvalue weighted by Gasteiger charge is 2.46. The maximum Gasteiger partial charge on any atom is 0.173 e. The van der Waals surface area contributed by atoms with Crippen molar-refractivity contribution in [3.8, 4) is 0 Å². The number of thioether (sulfide) groups is 1. The largest absolute Gasteiger partial charge is 0.293 e. The maximum atomic E-state index is 12.6. The average molecular weight is 294 g/mol. The Labute approximate surface area is 130 Å². The molecule has 1 aliphatic carbocycles. The lowest BCUT2D eigenvalue weighted by molar-refractivity contribution is -0.120. The Morgan fingerprint density at radius 1 is 0.857 bits per heavy atom. The van der Waals surface area contributed by atoms with E-state index in [4.69, 9.17) is 0 Å². The van der Waals surface area contributed by atoms with Gasteiger partial charge in [0.1, 0.15) is 0 Å². The second-order valence-electron chi connectivity index (χ2n) is 5.80. The third-order valence-corrected chi connectivity index (χ3v) is 4.85. The molecule has 2 heteroatoms. The van der Waals surface area contributed by atoms with E-state index < -0.39 is 5.41 Å². The molecule has 0 amide bonds. The number of hydrogen-bond donors (Lipinski definition) is 0. The van der Waals surface area contributed by atoms with E-state index >= 15 is 0 Å². The molecule has 0 atom stereocenters. The Kier molecular flexibility index (Phi) is 3.50. The summed E-state index contributed by atoms with van der Waals surface area (Å²) in [6.45, 7) is 4.02. The third-order valence-electron chi connectivity index (χ3n) is 4.11. The van der Waals surface area contributed by atoms with Crippen molar-refractivity contribution < 1.29 is 4.79 Å². The van der Waals surface area contributed by atoms with Crippen LogP contribution in [0.5, 0.6) is 0 Å². The second kappa shape index (κ2) is 5.19. The highest BCUT2D eigenvalue weighted by Crippen LogP contribution is 2.52. The zero-order valence-electron chi connectivity index (χ0n) is 12.5. The van der Waals surface area contributed by atoms with Crippen molar-refractivity contribution in [2.75, 3.05) is 6.26 Å². The van der Waals surface area contributed by atoms with E-state index in [-0.39, 0.29) is 5.78 Å². The minimum absolute atomic E-state index is 0.234. The molecule has 2 aromatic carbocycles. The first-order valence-corrected chi connectivity index (χ1v) is 8.27. The summed E-state index contributed by atoms with van der Waals surface area (Å²) >= 11 is 1.71. The standard InChI is InChI=1S/C19H18OS/c1-19(2)17(14-7-5-4-6-8-14)16(18(19)20)13-9-11-15(21-3)12-10-13/h4-12H,1-3H3. The van der Waals surface area contributed by atoms with Gasteiger partial charge in [-0.15, -0.1) is 11.8 Å². The van der Waals surface area contributed by atoms with Crippen molar-refractivity contribution in [1.29, 1.82) is 0 Å². The Bertz CT molecular complexity index is 709. The van der Waals surface area contributed by atoms with Gasteiger partial charge in [-0.05, 0) is 48.9 Å². The van der Waals surface area contributed by atoms with Crippen LogP contribution in [-0.4, -0.2) is 12.0 Å². The summed E-state index contributed by atoms with van der Waals surface area (Å²) in [6.07, 6.45) is 2.06. The predicted molar refractivity (Wildman–Crippen MR) is 90.3 cm³/mol. The molecule has 0 aromatic heterocycles. The van der Waals surface area contributed by atoms with Gasteiger partial charge < -0.3 is 0 Å². The van der Waals surface area contributed by atoms with Crippen LogP contribution >= 0.6 is 11.8 Å². The van der Waals surface area contributed by atoms with Crippen molar-refractivity contribution in [3.05, 3.63) is 65.7 Å². The van der Waals surface area contributed by atoms with Gasteiger partial charge in [0.25, 0.3) is 0 Å². The van der Waals surface area contributed by atoms with Crippen LogP contribution in [0.1, 0.15) is 25.0 Å². The van der Waals surface area contributed by atoms with Gasteiger partial charge in [0, 0.05) is 10.5 Å². The summed E-state index contributed by atoms with van der Waals surface area (Å²) < 4.78 is 0. The van der Waals surface area contributed by atoms with Gasteiger partial charge in [0.15, 0.2) is 5.78 Å². The number of benzene rings is 2. The Morgan fingerprint density at radius 3 is 2.05 bits per heavy atom. The lowest BCUT2D eigenvalue weighted by atomic mass is 9.61. The van der Waals surface area contributed by atoms with Gasteiger partial charge >= 0.3 is 0 Å². The molecule has 0 spiro atoms. The van der Waals surface area contributed by atoms with Crippen LogP contribution in [0.4, 0.5) is 0 Å². The number of ketones is 1. The summed E-state index contributed by atoms with van der Waals surface area (Å²) in [4.78, 5) is 13.8. The Balaban J connectivity index is 2.14. The fraction of sp³-hybridized carbons (Fsp3) is 0.211. The molecule has 0 heterocycles. The van der Waals surface area contributed by atoms with Crippen LogP contribution in [0, 0.1) is 5.41 Å². The molecule has 1 aliphatic rings. The molecule has 0 bridgehead atoms. The van der Waals surface area contributed by atoms with Gasteiger partial charge in [0.2, 0.25) is 0 Å². The minimum atomic E-state index is -0.394. The van der Waals surface area contributed by atoms with Crippen molar-refractivity contribution in [1.82, 2.24) is 0 Å². The number of rotatable bonds is 3. The van der Waals surface area contributed by atoms with E-state index in [0.717, 1.165) is 22.3 Å². The first kappa shape index (κ1) is 14.2. The predicted octanol–water partition coefficient (Wildman–Crippen LogP) is 4.93. The second-order valence-corrected chi connectivity index (χ2v) is 6.68. The van der Waals surface area contributed by atoms with Crippen LogP contribution < -0.4 is 0 Å². The van der Waals surface area contributed by atoms with E-state index in [1.165, 1.54) is 4.90 Å². The van der Waals surface area contributed by atoms with Crippen LogP contribution in [0.25, 0.3) is 11.1 Å². The SMILES string of the molecule is CSc1ccc(C2=C(c3ccccc3)C(C)(C)C2=O)cc1. The molecule has 0 saturated heterocycles. The monoisotopic (exact) mass is 294 g/mol. The Hall–Kier alpha value is -1.80. The first-order valence-electron chi connectivity index (χ1n) is 7.05. The van der Waals surface area contributed by atoms with Crippen LogP contribution in [-0.2, 0) is 4.79 Å². The molecular weight excluding hydrogens is 276 g/mol. The topological polar surface area (TPSA) is 17.1 Å². The highest BCUT2D eigenvalue weighted by molar-refractivity contribution is 7.98. The molecule has 3 rings (SSSR count). The van der Waals surface area contributed by atoms with E-state index in [9.17, 15) is 4.79 Å². The van der Waals surface area contributed by atoms with Gasteiger partial charge in [-0.2, -0.15) is 0 Å². The molecule has 0 N–H and O–H groups in total. The summed E-state index contributed by atoms with van der Waals surface area (Å²) in [5.74, 6) is 0.234. The zero-order chi connectivity index (χ0) is 15.0. The Morgan fingerprint density at radius 2 is 1.48 bits per heavy atom. The number of hydrogen-bond acceptors (Lipinski definition) is 2. The average Bonchev–Trinajstić information content (AvgIpc) is 2.52. The summed E-state index contributed by atoms with van der Waals surface area (Å²) in [5, 5.41) is 0. The fourth-order valence-electron chi connectivity index (χ4n) is 2.93. The lowest BCUT2D eigenvalue weighted by Gasteiger charge is -2.39. The van der Waals surface area contributed by atoms with Crippen molar-refractivity contribution in [2.24, 2.45) is 5.41 Å². The van der Waals surface area contributed by atoms with E-state index in [2.05, 4.69) is 42.7 Å². The molecule has 0 saturated carbocycles. The van der Waals surface area contributed by atoms with Gasteiger partial charge in [-0.25, -0.2) is 0 Å². The maximum absolute atomic E-state index is 12.6. The molecule has 2 aromatic rings. The number of allylic oxidation sites excluding steroid dienone is 2. The molecule has 0 aliphatic heterocycles. The lowest BCUT2D eigenvalue weighted by Crippen LogP contribution is -2.37. The molecule has 0 fully saturated rings. The molecule has 1 nitrogen and oxygen atoms in total. The van der Waals surface area contributed by atoms with E-state index in [1.807, 2.05) is 32.0 Å². The van der Waals surface area contributed by atoms with Gasteiger partial charge in [-0.3, -0.25) is 4.79 Å². The highest BCUT2D eigenvalue weighted by atomic mass is 32.2. The van der Waals surface area contributed by atoms with Crippen molar-refractivity contribution in [3.63, 3.8) is 0 Å². The van der Waals surface area contributed by atoms with Gasteiger partial charge in [-0.1, -0.05) is 42.5 Å². The van der Waals surface area contributed by atoms with Crippen LogP contribution in [0.3, 0.4) is 0 Å². The number of carbonyl (C=O) groups excluding carboxylic acids is 1.